The third kappa shape index (κ3) is 2.32. The van der Waals surface area contributed by atoms with Crippen LogP contribution in [0.15, 0.2) is 6.20 Å². The van der Waals surface area contributed by atoms with E-state index in [2.05, 4.69) is 10.4 Å². The van der Waals surface area contributed by atoms with E-state index >= 15 is 0 Å². The fourth-order valence-corrected chi connectivity index (χ4v) is 3.11. The highest BCUT2D eigenvalue weighted by molar-refractivity contribution is 6.08. The molecule has 0 bridgehead atoms. The maximum Gasteiger partial charge on any atom is 0.250 e. The summed E-state index contributed by atoms with van der Waals surface area (Å²) in [6.07, 6.45) is 5.24. The van der Waals surface area contributed by atoms with Gasteiger partial charge in [0.05, 0.1) is 11.4 Å². The molecule has 114 valence electrons. The predicted octanol–water partition coefficient (Wildman–Crippen LogP) is 1.00. The molecule has 0 spiro atoms. The lowest BCUT2D eigenvalue weighted by atomic mass is 10.0. The summed E-state index contributed by atoms with van der Waals surface area (Å²) in [4.78, 5) is 26.9. The monoisotopic (exact) mass is 290 g/mol. The van der Waals surface area contributed by atoms with E-state index in [9.17, 15) is 9.59 Å². The van der Waals surface area contributed by atoms with E-state index < -0.39 is 6.04 Å². The van der Waals surface area contributed by atoms with Crippen LogP contribution in [0.4, 0.5) is 5.69 Å². The second kappa shape index (κ2) is 5.16. The Morgan fingerprint density at radius 2 is 2.05 bits per heavy atom. The topological polar surface area (TPSA) is 67.2 Å². The molecule has 1 N–H and O–H groups in total. The molecule has 2 aliphatic rings. The molecule has 2 heterocycles. The van der Waals surface area contributed by atoms with Gasteiger partial charge in [-0.3, -0.25) is 19.2 Å². The van der Waals surface area contributed by atoms with E-state index in [1.54, 1.807) is 9.58 Å². The molecule has 1 aliphatic carbocycles. The summed E-state index contributed by atoms with van der Waals surface area (Å²) in [5.41, 5.74) is 1.66. The lowest BCUT2D eigenvalue weighted by Gasteiger charge is -2.38. The molecule has 1 aromatic heterocycles. The number of carbonyl (C=O) groups is 2. The average molecular weight is 290 g/mol. The zero-order valence-electron chi connectivity index (χ0n) is 12.8. The van der Waals surface area contributed by atoms with Gasteiger partial charge in [-0.15, -0.1) is 0 Å². The first-order valence-corrected chi connectivity index (χ1v) is 7.72. The number of amides is 2. The summed E-state index contributed by atoms with van der Waals surface area (Å²) in [5.74, 6) is 0.287. The lowest BCUT2D eigenvalue weighted by Crippen LogP contribution is -2.64. The molecule has 2 atom stereocenters. The predicted molar refractivity (Wildman–Crippen MR) is 78.8 cm³/mol. The minimum absolute atomic E-state index is 0.0200. The highest BCUT2D eigenvalue weighted by Gasteiger charge is 2.47. The number of rotatable bonds is 4. The van der Waals surface area contributed by atoms with Crippen molar-refractivity contribution in [3.63, 3.8) is 0 Å². The van der Waals surface area contributed by atoms with Gasteiger partial charge in [-0.2, -0.15) is 5.10 Å². The van der Waals surface area contributed by atoms with Crippen molar-refractivity contribution in [3.05, 3.63) is 11.9 Å². The number of aromatic nitrogens is 2. The fourth-order valence-electron chi connectivity index (χ4n) is 3.11. The number of aryl methyl sites for hydroxylation is 2. The van der Waals surface area contributed by atoms with Crippen LogP contribution in [0.1, 0.15) is 38.8 Å². The number of nitrogens with one attached hydrogen (secondary N) is 1. The molecule has 6 heteroatoms. The van der Waals surface area contributed by atoms with E-state index in [0.717, 1.165) is 30.6 Å². The number of nitrogens with zero attached hydrogens (tertiary/aromatic N) is 3. The molecule has 1 aromatic rings. The van der Waals surface area contributed by atoms with Gasteiger partial charge in [-0.05, 0) is 31.6 Å². The first-order valence-electron chi connectivity index (χ1n) is 7.72. The van der Waals surface area contributed by atoms with Gasteiger partial charge in [0, 0.05) is 13.2 Å². The lowest BCUT2D eigenvalue weighted by molar-refractivity contribution is -0.134. The molecule has 1 saturated carbocycles. The van der Waals surface area contributed by atoms with Crippen molar-refractivity contribution in [3.8, 4) is 0 Å². The van der Waals surface area contributed by atoms with E-state index in [0.29, 0.717) is 12.3 Å². The molecule has 0 radical (unpaired) electrons. The van der Waals surface area contributed by atoms with Crippen LogP contribution >= 0.6 is 0 Å². The van der Waals surface area contributed by atoms with Gasteiger partial charge < -0.3 is 5.32 Å². The van der Waals surface area contributed by atoms with Gasteiger partial charge in [-0.1, -0.05) is 13.8 Å². The Morgan fingerprint density at radius 1 is 1.33 bits per heavy atom. The van der Waals surface area contributed by atoms with Crippen LogP contribution in [-0.4, -0.2) is 33.7 Å². The second-order valence-electron chi connectivity index (χ2n) is 5.94. The van der Waals surface area contributed by atoms with Crippen molar-refractivity contribution >= 4 is 17.5 Å². The number of hydrogen-bond donors (Lipinski definition) is 1. The van der Waals surface area contributed by atoms with Crippen molar-refractivity contribution in [2.75, 3.05) is 4.90 Å². The molecule has 2 fully saturated rings. The van der Waals surface area contributed by atoms with Crippen molar-refractivity contribution in [1.29, 1.82) is 0 Å². The Hall–Kier alpha value is -1.85. The van der Waals surface area contributed by atoms with Crippen molar-refractivity contribution < 1.29 is 9.59 Å². The van der Waals surface area contributed by atoms with Crippen LogP contribution in [0, 0.1) is 5.92 Å². The van der Waals surface area contributed by atoms with E-state index in [-0.39, 0.29) is 17.9 Å². The number of anilines is 1. The largest absolute Gasteiger partial charge is 0.342 e. The highest BCUT2D eigenvalue weighted by Crippen LogP contribution is 2.37. The molecule has 2 amide bonds. The van der Waals surface area contributed by atoms with Crippen molar-refractivity contribution in [2.45, 2.75) is 51.6 Å². The smallest absolute Gasteiger partial charge is 0.250 e. The first kappa shape index (κ1) is 14.1. The summed E-state index contributed by atoms with van der Waals surface area (Å²) in [5, 5.41) is 7.32. The molecule has 21 heavy (non-hydrogen) atoms. The van der Waals surface area contributed by atoms with Crippen LogP contribution in [0.3, 0.4) is 0 Å². The summed E-state index contributed by atoms with van der Waals surface area (Å²) >= 11 is 0. The number of carbonyl (C=O) groups excluding carboxylic acids is 2. The normalized spacial score (nSPS) is 26.1. The maximum atomic E-state index is 12.9. The molecule has 1 aliphatic heterocycles. The molecular weight excluding hydrogens is 268 g/mol. The highest BCUT2D eigenvalue weighted by atomic mass is 16.2. The van der Waals surface area contributed by atoms with E-state index in [1.165, 1.54) is 0 Å². The number of hydrogen-bond acceptors (Lipinski definition) is 3. The van der Waals surface area contributed by atoms with Gasteiger partial charge in [0.25, 0.3) is 5.91 Å². The standard InChI is InChI=1S/C15H22N4O2/c1-4-10-12(8-18(3)17-10)19-11(5-2)14(20)16-13(15(19)21)9-6-7-9/h8-9,11,13H,4-7H2,1-3H3,(H,16,20). The maximum absolute atomic E-state index is 12.9. The Kier molecular flexibility index (Phi) is 3.47. The Bertz CT molecular complexity index is 576. The van der Waals surface area contributed by atoms with Gasteiger partial charge >= 0.3 is 0 Å². The molecule has 0 aromatic carbocycles. The van der Waals surface area contributed by atoms with Crippen LogP contribution < -0.4 is 10.2 Å². The quantitative estimate of drug-likeness (QED) is 0.899. The second-order valence-corrected chi connectivity index (χ2v) is 5.94. The van der Waals surface area contributed by atoms with Gasteiger partial charge in [0.15, 0.2) is 0 Å². The molecule has 3 rings (SSSR count). The first-order chi connectivity index (χ1) is 10.1. The van der Waals surface area contributed by atoms with Gasteiger partial charge in [0.2, 0.25) is 5.91 Å². The Balaban J connectivity index is 2.01. The number of piperazine rings is 1. The van der Waals surface area contributed by atoms with Crippen LogP contribution in [0.2, 0.25) is 0 Å². The molecule has 1 saturated heterocycles. The molecule has 2 unspecified atom stereocenters. The minimum Gasteiger partial charge on any atom is -0.342 e. The zero-order valence-corrected chi connectivity index (χ0v) is 12.8. The minimum atomic E-state index is -0.429. The van der Waals surface area contributed by atoms with Crippen molar-refractivity contribution in [1.82, 2.24) is 15.1 Å². The summed E-state index contributed by atoms with van der Waals surface area (Å²) < 4.78 is 1.72. The van der Waals surface area contributed by atoms with Crippen LogP contribution in [-0.2, 0) is 23.1 Å². The fraction of sp³-hybridized carbons (Fsp3) is 0.667. The molecule has 6 nitrogen and oxygen atoms in total. The average Bonchev–Trinajstić information content (AvgIpc) is 3.23. The molecular formula is C15H22N4O2. The third-order valence-corrected chi connectivity index (χ3v) is 4.37. The van der Waals surface area contributed by atoms with E-state index in [1.807, 2.05) is 27.1 Å². The van der Waals surface area contributed by atoms with Crippen LogP contribution in [0.25, 0.3) is 0 Å². The Labute approximate surface area is 124 Å². The summed E-state index contributed by atoms with van der Waals surface area (Å²) in [6.45, 7) is 3.95. The SMILES string of the molecule is CCc1nn(C)cc1N1C(=O)C(C2CC2)NC(=O)C1CC. The van der Waals surface area contributed by atoms with Crippen LogP contribution in [0.5, 0.6) is 0 Å². The summed E-state index contributed by atoms with van der Waals surface area (Å²) in [6, 6.07) is -0.785. The van der Waals surface area contributed by atoms with E-state index in [4.69, 9.17) is 0 Å². The van der Waals surface area contributed by atoms with Crippen molar-refractivity contribution in [2.24, 2.45) is 13.0 Å². The van der Waals surface area contributed by atoms with Gasteiger partial charge in [0.1, 0.15) is 12.1 Å². The third-order valence-electron chi connectivity index (χ3n) is 4.37. The zero-order chi connectivity index (χ0) is 15.1. The summed E-state index contributed by atoms with van der Waals surface area (Å²) in [7, 11) is 1.84. The van der Waals surface area contributed by atoms with Gasteiger partial charge in [-0.25, -0.2) is 0 Å². The Morgan fingerprint density at radius 3 is 2.62 bits per heavy atom.